The standard InChI is InChI=1S/C36H50O7/c1-18(2)22-15-21(13-11-12-14-33(6,7)8)28(38)25-23(22)16-34(9)17-35(10)26(19(3)4)29(39)24(20(5)37)31(41)36(35,43)32(42)27(34)30(25)40/h15,18-19,24,26-27,38,43H,11-14,16-17H2,1-10H3/t24?,26?,27?,34-,35-,36+/m1/s1. The number of rotatable bonds is 7. The molecule has 1 aromatic carbocycles. The Bertz CT molecular complexity index is 1390. The number of hydrogen-bond donors (Lipinski definition) is 2. The summed E-state index contributed by atoms with van der Waals surface area (Å²) < 4.78 is 0. The van der Waals surface area contributed by atoms with Crippen LogP contribution < -0.4 is 0 Å². The molecule has 2 fully saturated rings. The molecule has 6 atom stereocenters. The van der Waals surface area contributed by atoms with Crippen LogP contribution >= 0.6 is 0 Å². The van der Waals surface area contributed by atoms with Crippen LogP contribution in [0.3, 0.4) is 0 Å². The topological polar surface area (TPSA) is 126 Å². The molecule has 2 N–H and O–H groups in total. The first kappa shape index (κ1) is 33.2. The number of phenolic OH excluding ortho intramolecular Hbond substituents is 1. The van der Waals surface area contributed by atoms with Crippen LogP contribution in [0.5, 0.6) is 5.75 Å². The molecule has 0 spiro atoms. The van der Waals surface area contributed by atoms with E-state index < -0.39 is 63.1 Å². The monoisotopic (exact) mass is 594 g/mol. The number of aromatic hydroxyl groups is 1. The molecule has 236 valence electrons. The maximum Gasteiger partial charge on any atom is 0.190 e. The minimum Gasteiger partial charge on any atom is -0.507 e. The molecule has 0 aromatic heterocycles. The lowest BCUT2D eigenvalue weighted by Gasteiger charge is -2.62. The van der Waals surface area contributed by atoms with E-state index in [1.807, 2.05) is 26.8 Å². The highest BCUT2D eigenvalue weighted by Gasteiger charge is 2.76. The molecule has 3 aliphatic carbocycles. The predicted octanol–water partition coefficient (Wildman–Crippen LogP) is 5.98. The molecule has 2 saturated carbocycles. The zero-order valence-electron chi connectivity index (χ0n) is 27.6. The fourth-order valence-corrected chi connectivity index (χ4v) is 8.97. The van der Waals surface area contributed by atoms with Gasteiger partial charge in [0.25, 0.3) is 0 Å². The molecule has 7 nitrogen and oxygen atoms in total. The van der Waals surface area contributed by atoms with Gasteiger partial charge in [-0.15, -0.1) is 0 Å². The van der Waals surface area contributed by atoms with Crippen molar-refractivity contribution in [2.75, 3.05) is 0 Å². The van der Waals surface area contributed by atoms with Crippen molar-refractivity contribution in [1.82, 2.24) is 0 Å². The van der Waals surface area contributed by atoms with E-state index in [0.717, 1.165) is 31.7 Å². The zero-order chi connectivity index (χ0) is 32.6. The summed E-state index contributed by atoms with van der Waals surface area (Å²) in [5.41, 5.74) is -2.58. The van der Waals surface area contributed by atoms with E-state index in [-0.39, 0.29) is 41.4 Å². The number of ketones is 5. The van der Waals surface area contributed by atoms with Gasteiger partial charge < -0.3 is 10.2 Å². The van der Waals surface area contributed by atoms with Crippen molar-refractivity contribution < 1.29 is 34.2 Å². The highest BCUT2D eigenvalue weighted by Crippen LogP contribution is 2.64. The van der Waals surface area contributed by atoms with Gasteiger partial charge in [-0.2, -0.15) is 0 Å². The highest BCUT2D eigenvalue weighted by molar-refractivity contribution is 6.32. The fraction of sp³-hybridized carbons (Fsp3) is 0.694. The summed E-state index contributed by atoms with van der Waals surface area (Å²) in [5.74, 6) is -8.45. The lowest BCUT2D eigenvalue weighted by atomic mass is 9.39. The first-order valence-corrected chi connectivity index (χ1v) is 15.9. The number of unbranched alkanes of at least 4 members (excludes halogenated alkanes) is 1. The van der Waals surface area contributed by atoms with E-state index in [1.165, 1.54) is 0 Å². The quantitative estimate of drug-likeness (QED) is 0.294. The number of carbonyl (C=O) groups is 5. The molecule has 1 aromatic rings. The zero-order valence-corrected chi connectivity index (χ0v) is 27.6. The van der Waals surface area contributed by atoms with Crippen LogP contribution in [0.15, 0.2) is 6.07 Å². The van der Waals surface area contributed by atoms with Crippen LogP contribution in [0.4, 0.5) is 0 Å². The minimum absolute atomic E-state index is 0.0417. The van der Waals surface area contributed by atoms with Gasteiger partial charge in [-0.1, -0.05) is 74.8 Å². The maximum absolute atomic E-state index is 14.5. The average molecular weight is 595 g/mol. The third kappa shape index (κ3) is 4.94. The number of phenols is 1. The molecule has 4 rings (SSSR count). The SMILES string of the molecule is CC(=O)C1C(=O)C(C(C)C)[C@@]2(C)C[C@@]3(C)Cc4c(C(C)C)cc(CCCCC(C)(C)C)c(O)c4C(=O)C3C(=O)[C@@]2(O)C1=O. The minimum atomic E-state index is -2.68. The van der Waals surface area contributed by atoms with Crippen molar-refractivity contribution in [3.63, 3.8) is 0 Å². The molecule has 0 bridgehead atoms. The molecule has 0 amide bonds. The van der Waals surface area contributed by atoms with E-state index in [1.54, 1.807) is 20.8 Å². The molecule has 43 heavy (non-hydrogen) atoms. The maximum atomic E-state index is 14.5. The summed E-state index contributed by atoms with van der Waals surface area (Å²) in [6.07, 6.45) is 3.75. The summed E-state index contributed by atoms with van der Waals surface area (Å²) in [6.45, 7) is 18.8. The second-order valence-corrected chi connectivity index (χ2v) is 16.1. The Labute approximate surface area is 256 Å². The Balaban J connectivity index is 1.88. The van der Waals surface area contributed by atoms with Gasteiger partial charge in [0, 0.05) is 11.3 Å². The highest BCUT2D eigenvalue weighted by atomic mass is 16.3. The van der Waals surface area contributed by atoms with Crippen LogP contribution in [0.2, 0.25) is 0 Å². The molecule has 3 unspecified atom stereocenters. The lowest BCUT2D eigenvalue weighted by molar-refractivity contribution is -0.205. The fourth-order valence-electron chi connectivity index (χ4n) is 8.97. The van der Waals surface area contributed by atoms with Crippen molar-refractivity contribution >= 4 is 28.9 Å². The van der Waals surface area contributed by atoms with E-state index in [4.69, 9.17) is 0 Å². The summed E-state index contributed by atoms with van der Waals surface area (Å²) >= 11 is 0. The lowest BCUT2D eigenvalue weighted by Crippen LogP contribution is -2.76. The van der Waals surface area contributed by atoms with Crippen LogP contribution in [-0.4, -0.2) is 44.7 Å². The van der Waals surface area contributed by atoms with Crippen molar-refractivity contribution in [3.8, 4) is 5.75 Å². The van der Waals surface area contributed by atoms with E-state index in [2.05, 4.69) is 20.8 Å². The van der Waals surface area contributed by atoms with Gasteiger partial charge >= 0.3 is 0 Å². The molecule has 3 aliphatic rings. The van der Waals surface area contributed by atoms with Gasteiger partial charge in [-0.25, -0.2) is 0 Å². The van der Waals surface area contributed by atoms with Gasteiger partial charge in [0.1, 0.15) is 17.5 Å². The molecule has 0 aliphatic heterocycles. The van der Waals surface area contributed by atoms with Crippen molar-refractivity contribution in [3.05, 3.63) is 28.3 Å². The summed E-state index contributed by atoms with van der Waals surface area (Å²) in [5, 5.41) is 23.8. The molecule has 0 saturated heterocycles. The first-order valence-electron chi connectivity index (χ1n) is 15.9. The van der Waals surface area contributed by atoms with Crippen molar-refractivity contribution in [2.45, 2.75) is 119 Å². The van der Waals surface area contributed by atoms with Crippen molar-refractivity contribution in [2.24, 2.45) is 39.9 Å². The van der Waals surface area contributed by atoms with Gasteiger partial charge in [-0.3, -0.25) is 24.0 Å². The molecular formula is C36H50O7. The Kier molecular flexibility index (Phi) is 8.30. The number of hydrogen-bond acceptors (Lipinski definition) is 7. The number of fused-ring (bicyclic) bond motifs is 3. The first-order chi connectivity index (χ1) is 19.6. The van der Waals surface area contributed by atoms with Gasteiger partial charge in [0.15, 0.2) is 28.7 Å². The Hall–Kier alpha value is -2.67. The Morgan fingerprint density at radius 2 is 1.63 bits per heavy atom. The number of carbonyl (C=O) groups excluding carboxylic acids is 5. The van der Waals surface area contributed by atoms with Gasteiger partial charge in [-0.05, 0) is 78.4 Å². The predicted molar refractivity (Wildman–Crippen MR) is 164 cm³/mol. The van der Waals surface area contributed by atoms with Gasteiger partial charge in [0.05, 0.1) is 11.5 Å². The van der Waals surface area contributed by atoms with Crippen molar-refractivity contribution in [1.29, 1.82) is 0 Å². The number of Topliss-reactive ketones (excluding diaryl/α,β-unsaturated/α-hetero) is 5. The third-order valence-electron chi connectivity index (χ3n) is 10.7. The summed E-state index contributed by atoms with van der Waals surface area (Å²) in [7, 11) is 0. The number of aryl methyl sites for hydroxylation is 1. The second-order valence-electron chi connectivity index (χ2n) is 16.1. The number of aliphatic hydroxyl groups is 1. The van der Waals surface area contributed by atoms with Crippen LogP contribution in [0.25, 0.3) is 0 Å². The smallest absolute Gasteiger partial charge is 0.190 e. The van der Waals surface area contributed by atoms with Crippen LogP contribution in [0.1, 0.15) is 128 Å². The normalized spacial score (nSPS) is 32.6. The van der Waals surface area contributed by atoms with Crippen LogP contribution in [0, 0.1) is 39.9 Å². The Morgan fingerprint density at radius 3 is 2.14 bits per heavy atom. The summed E-state index contributed by atoms with van der Waals surface area (Å²) in [4.78, 5) is 69.1. The van der Waals surface area contributed by atoms with E-state index in [9.17, 15) is 34.2 Å². The molecular weight excluding hydrogens is 544 g/mol. The molecule has 0 heterocycles. The largest absolute Gasteiger partial charge is 0.507 e. The van der Waals surface area contributed by atoms with Crippen LogP contribution in [-0.2, 0) is 32.0 Å². The second kappa shape index (κ2) is 10.7. The molecule has 0 radical (unpaired) electrons. The Morgan fingerprint density at radius 1 is 1.02 bits per heavy atom. The number of benzene rings is 1. The van der Waals surface area contributed by atoms with E-state index >= 15 is 0 Å². The summed E-state index contributed by atoms with van der Waals surface area (Å²) in [6, 6.07) is 2.00. The molecule has 7 heteroatoms. The third-order valence-corrected chi connectivity index (χ3v) is 10.7. The van der Waals surface area contributed by atoms with E-state index in [0.29, 0.717) is 17.5 Å². The van der Waals surface area contributed by atoms with Gasteiger partial charge in [0.2, 0.25) is 0 Å². The average Bonchev–Trinajstić information content (AvgIpc) is 2.83.